The number of hydrogen-bond acceptors (Lipinski definition) is 4. The minimum Gasteiger partial charge on any atom is -0.497 e. The number of rotatable bonds is 4. The molecule has 1 aromatic carbocycles. The van der Waals surface area contributed by atoms with E-state index in [1.807, 2.05) is 6.07 Å². The predicted octanol–water partition coefficient (Wildman–Crippen LogP) is 1.69. The van der Waals surface area contributed by atoms with E-state index in [1.54, 1.807) is 19.1 Å². The molecule has 4 nitrogen and oxygen atoms in total. The Morgan fingerprint density at radius 1 is 1.44 bits per heavy atom. The van der Waals surface area contributed by atoms with Gasteiger partial charge in [-0.15, -0.1) is 0 Å². The van der Waals surface area contributed by atoms with E-state index in [4.69, 9.17) is 10.00 Å². The minimum atomic E-state index is -3.36. The molecule has 1 aromatic rings. The van der Waals surface area contributed by atoms with Crippen LogP contribution in [0.5, 0.6) is 5.75 Å². The summed E-state index contributed by atoms with van der Waals surface area (Å²) in [4.78, 5) is 0.267. The van der Waals surface area contributed by atoms with Crippen LogP contribution in [0, 0.1) is 18.3 Å². The van der Waals surface area contributed by atoms with Crippen molar-refractivity contribution in [3.63, 3.8) is 0 Å². The van der Waals surface area contributed by atoms with Gasteiger partial charge in [0.15, 0.2) is 9.84 Å². The summed E-state index contributed by atoms with van der Waals surface area (Å²) < 4.78 is 28.6. The average Bonchev–Trinajstić information content (AvgIpc) is 2.25. The maximum atomic E-state index is 11.8. The van der Waals surface area contributed by atoms with Gasteiger partial charge in [-0.1, -0.05) is 0 Å². The Hall–Kier alpha value is -1.54. The van der Waals surface area contributed by atoms with Crippen molar-refractivity contribution in [1.82, 2.24) is 0 Å². The van der Waals surface area contributed by atoms with Gasteiger partial charge in [0, 0.05) is 6.42 Å². The molecule has 0 aromatic heterocycles. The Morgan fingerprint density at radius 2 is 2.12 bits per heavy atom. The fraction of sp³-hybridized carbons (Fsp3) is 0.364. The van der Waals surface area contributed by atoms with Crippen LogP contribution < -0.4 is 4.74 Å². The lowest BCUT2D eigenvalue weighted by molar-refractivity contribution is 0.414. The van der Waals surface area contributed by atoms with Gasteiger partial charge in [-0.25, -0.2) is 8.42 Å². The van der Waals surface area contributed by atoms with Crippen LogP contribution in [0.2, 0.25) is 0 Å². The summed E-state index contributed by atoms with van der Waals surface area (Å²) in [6, 6.07) is 6.62. The second kappa shape index (κ2) is 4.99. The molecule has 0 radical (unpaired) electrons. The molecule has 0 unspecified atom stereocenters. The van der Waals surface area contributed by atoms with Crippen LogP contribution >= 0.6 is 0 Å². The number of nitrogens with zero attached hydrogens (tertiary/aromatic N) is 1. The largest absolute Gasteiger partial charge is 0.497 e. The van der Waals surface area contributed by atoms with Gasteiger partial charge >= 0.3 is 0 Å². The van der Waals surface area contributed by atoms with Crippen LogP contribution in [0.25, 0.3) is 0 Å². The van der Waals surface area contributed by atoms with Crippen molar-refractivity contribution >= 4 is 9.84 Å². The fourth-order valence-electron chi connectivity index (χ4n) is 1.39. The van der Waals surface area contributed by atoms with Gasteiger partial charge in [-0.2, -0.15) is 5.26 Å². The Bertz CT molecular complexity index is 515. The third kappa shape index (κ3) is 2.74. The van der Waals surface area contributed by atoms with E-state index in [9.17, 15) is 8.42 Å². The number of hydrogen-bond donors (Lipinski definition) is 0. The SMILES string of the molecule is COc1ccc(S(=O)(=O)CCC#N)c(C)c1. The predicted molar refractivity (Wildman–Crippen MR) is 60.0 cm³/mol. The van der Waals surface area contributed by atoms with Gasteiger partial charge in [0.1, 0.15) is 5.75 Å². The fourth-order valence-corrected chi connectivity index (χ4v) is 2.79. The van der Waals surface area contributed by atoms with Gasteiger partial charge in [-0.3, -0.25) is 0 Å². The Kier molecular flexibility index (Phi) is 3.91. The lowest BCUT2D eigenvalue weighted by atomic mass is 10.2. The summed E-state index contributed by atoms with van der Waals surface area (Å²) in [5, 5.41) is 8.39. The van der Waals surface area contributed by atoms with Crippen LogP contribution in [0.3, 0.4) is 0 Å². The zero-order valence-electron chi connectivity index (χ0n) is 9.23. The van der Waals surface area contributed by atoms with E-state index in [2.05, 4.69) is 0 Å². The normalized spacial score (nSPS) is 10.8. The summed E-state index contributed by atoms with van der Waals surface area (Å²) in [7, 11) is -1.83. The van der Waals surface area contributed by atoms with Gasteiger partial charge in [0.2, 0.25) is 0 Å². The molecular weight excluding hydrogens is 226 g/mol. The second-order valence-electron chi connectivity index (χ2n) is 3.36. The molecule has 0 fully saturated rings. The molecule has 0 aliphatic heterocycles. The van der Waals surface area contributed by atoms with Crippen LogP contribution in [0.15, 0.2) is 23.1 Å². The molecule has 16 heavy (non-hydrogen) atoms. The first-order valence-corrected chi connectivity index (χ1v) is 6.41. The molecule has 86 valence electrons. The Morgan fingerprint density at radius 3 is 2.62 bits per heavy atom. The van der Waals surface area contributed by atoms with Gasteiger partial charge < -0.3 is 4.74 Å². The number of benzene rings is 1. The summed E-state index contributed by atoms with van der Waals surface area (Å²) >= 11 is 0. The Balaban J connectivity index is 3.10. The highest BCUT2D eigenvalue weighted by molar-refractivity contribution is 7.91. The minimum absolute atomic E-state index is 0.00774. The molecular formula is C11H13NO3S. The van der Waals surface area contributed by atoms with E-state index >= 15 is 0 Å². The van der Waals surface area contributed by atoms with Crippen LogP contribution in [0.4, 0.5) is 0 Å². The van der Waals surface area contributed by atoms with Gasteiger partial charge in [0.25, 0.3) is 0 Å². The lowest BCUT2D eigenvalue weighted by Crippen LogP contribution is -2.08. The van der Waals surface area contributed by atoms with Crippen LogP contribution in [0.1, 0.15) is 12.0 Å². The van der Waals surface area contributed by atoms with Crippen molar-refractivity contribution < 1.29 is 13.2 Å². The molecule has 0 heterocycles. The third-order valence-corrected chi connectivity index (χ3v) is 4.07. The summed E-state index contributed by atoms with van der Waals surface area (Å²) in [5.74, 6) is 0.480. The van der Waals surface area contributed by atoms with Crippen molar-refractivity contribution in [1.29, 1.82) is 5.26 Å². The van der Waals surface area contributed by atoms with Crippen molar-refractivity contribution in [2.45, 2.75) is 18.2 Å². The van der Waals surface area contributed by atoms with Crippen LogP contribution in [-0.4, -0.2) is 21.3 Å². The molecule has 0 N–H and O–H groups in total. The first-order valence-electron chi connectivity index (χ1n) is 4.75. The molecule has 0 aliphatic carbocycles. The monoisotopic (exact) mass is 239 g/mol. The standard InChI is InChI=1S/C11H13NO3S/c1-9-8-10(15-2)4-5-11(9)16(13,14)7-3-6-12/h4-5,8H,3,7H2,1-2H3. The molecule has 1 rings (SSSR count). The van der Waals surface area contributed by atoms with E-state index in [0.29, 0.717) is 11.3 Å². The molecule has 0 spiro atoms. The first kappa shape index (κ1) is 12.5. The van der Waals surface area contributed by atoms with Gasteiger partial charge in [-0.05, 0) is 30.7 Å². The summed E-state index contributed by atoms with van der Waals surface area (Å²) in [6.07, 6.45) is 0.00774. The topological polar surface area (TPSA) is 67.2 Å². The maximum Gasteiger partial charge on any atom is 0.179 e. The zero-order valence-corrected chi connectivity index (χ0v) is 10.0. The third-order valence-electron chi connectivity index (χ3n) is 2.20. The molecule has 0 bridgehead atoms. The second-order valence-corrected chi connectivity index (χ2v) is 5.44. The van der Waals surface area contributed by atoms with E-state index < -0.39 is 9.84 Å². The summed E-state index contributed by atoms with van der Waals surface area (Å²) in [6.45, 7) is 1.71. The molecule has 0 amide bonds. The quantitative estimate of drug-likeness (QED) is 0.801. The van der Waals surface area contributed by atoms with E-state index in [1.165, 1.54) is 13.2 Å². The average molecular weight is 239 g/mol. The number of nitriles is 1. The van der Waals surface area contributed by atoms with Crippen LogP contribution in [-0.2, 0) is 9.84 Å². The van der Waals surface area contributed by atoms with Crippen molar-refractivity contribution in [3.05, 3.63) is 23.8 Å². The zero-order chi connectivity index (χ0) is 12.2. The summed E-state index contributed by atoms with van der Waals surface area (Å²) in [5.41, 5.74) is 0.636. The highest BCUT2D eigenvalue weighted by Gasteiger charge is 2.16. The number of methoxy groups -OCH3 is 1. The maximum absolute atomic E-state index is 11.8. The molecule has 5 heteroatoms. The smallest absolute Gasteiger partial charge is 0.179 e. The lowest BCUT2D eigenvalue weighted by Gasteiger charge is -2.07. The first-order chi connectivity index (χ1) is 7.51. The highest BCUT2D eigenvalue weighted by Crippen LogP contribution is 2.22. The Labute approximate surface area is 95.4 Å². The number of aryl methyl sites for hydroxylation is 1. The van der Waals surface area contributed by atoms with Crippen molar-refractivity contribution in [2.24, 2.45) is 0 Å². The molecule has 0 aliphatic rings. The van der Waals surface area contributed by atoms with E-state index in [0.717, 1.165) is 0 Å². The van der Waals surface area contributed by atoms with Crippen molar-refractivity contribution in [3.8, 4) is 11.8 Å². The van der Waals surface area contributed by atoms with Gasteiger partial charge in [0.05, 0.1) is 23.8 Å². The molecule has 0 atom stereocenters. The number of ether oxygens (including phenoxy) is 1. The molecule has 0 saturated heterocycles. The highest BCUT2D eigenvalue weighted by atomic mass is 32.2. The number of sulfone groups is 1. The van der Waals surface area contributed by atoms with Crippen molar-refractivity contribution in [2.75, 3.05) is 12.9 Å². The molecule has 0 saturated carbocycles. The van der Waals surface area contributed by atoms with E-state index in [-0.39, 0.29) is 17.1 Å².